The van der Waals surface area contributed by atoms with E-state index in [0.717, 1.165) is 13.1 Å². The molecule has 5 N–H and O–H groups in total. The largest absolute Gasteiger partial charge is 0.480 e. The van der Waals surface area contributed by atoms with Gasteiger partial charge in [0, 0.05) is 25.1 Å². The SMILES string of the molecule is O=C(C=Cc1ccco1)NCc1cc(Cl)c(C(=O)N[C@@H](CNC(=O)C2CCNCC2)C(=O)O)c(Cl)c1. The van der Waals surface area contributed by atoms with Crippen LogP contribution in [0.2, 0.25) is 10.0 Å². The third kappa shape index (κ3) is 7.84. The molecule has 3 amide bonds. The number of hydrogen-bond donors (Lipinski definition) is 5. The third-order valence-electron chi connectivity index (χ3n) is 5.53. The van der Waals surface area contributed by atoms with Crippen molar-refractivity contribution in [2.45, 2.75) is 25.4 Å². The van der Waals surface area contributed by atoms with E-state index in [1.165, 1.54) is 30.5 Å². The predicted octanol–water partition coefficient (Wildman–Crippen LogP) is 2.21. The summed E-state index contributed by atoms with van der Waals surface area (Å²) in [5, 5.41) is 20.2. The number of carboxylic acids is 1. The summed E-state index contributed by atoms with van der Waals surface area (Å²) in [4.78, 5) is 48.7. The van der Waals surface area contributed by atoms with E-state index in [2.05, 4.69) is 21.3 Å². The first-order valence-electron chi connectivity index (χ1n) is 11.2. The summed E-state index contributed by atoms with van der Waals surface area (Å²) in [5.74, 6) is -2.42. The van der Waals surface area contributed by atoms with Gasteiger partial charge in [0.15, 0.2) is 0 Å². The van der Waals surface area contributed by atoms with Crippen molar-refractivity contribution in [2.24, 2.45) is 5.92 Å². The molecule has 10 nitrogen and oxygen atoms in total. The standard InChI is InChI=1S/C24H26Cl2N4O6/c25-17-10-14(12-28-20(31)4-3-16-2-1-9-36-16)11-18(26)21(17)23(33)30-19(24(34)35)13-29-22(32)15-5-7-27-8-6-15/h1-4,9-11,15,19,27H,5-8,12-13H2,(H,28,31)(H,29,32)(H,30,33)(H,34,35)/t19-/m0/s1. The second-order valence-electron chi connectivity index (χ2n) is 8.13. The summed E-state index contributed by atoms with van der Waals surface area (Å²) in [7, 11) is 0. The smallest absolute Gasteiger partial charge is 0.328 e. The second-order valence-corrected chi connectivity index (χ2v) is 8.95. The molecular formula is C24H26Cl2N4O6. The van der Waals surface area contributed by atoms with Crippen LogP contribution in [0.3, 0.4) is 0 Å². The molecule has 1 atom stereocenters. The summed E-state index contributed by atoms with van der Waals surface area (Å²) < 4.78 is 5.11. The van der Waals surface area contributed by atoms with Gasteiger partial charge in [0.1, 0.15) is 11.8 Å². The maximum absolute atomic E-state index is 12.8. The van der Waals surface area contributed by atoms with E-state index in [4.69, 9.17) is 27.6 Å². The molecule has 2 aromatic rings. The molecule has 0 spiro atoms. The maximum atomic E-state index is 12.8. The van der Waals surface area contributed by atoms with E-state index in [1.54, 1.807) is 12.1 Å². The molecule has 12 heteroatoms. The van der Waals surface area contributed by atoms with Gasteiger partial charge in [0.2, 0.25) is 11.8 Å². The predicted molar refractivity (Wildman–Crippen MR) is 134 cm³/mol. The molecule has 1 aliphatic heterocycles. The highest BCUT2D eigenvalue weighted by Gasteiger charge is 2.26. The summed E-state index contributed by atoms with van der Waals surface area (Å²) in [6, 6.07) is 4.92. The minimum Gasteiger partial charge on any atom is -0.480 e. The van der Waals surface area contributed by atoms with Gasteiger partial charge in [-0.1, -0.05) is 23.2 Å². The number of amides is 3. The molecule has 0 bridgehead atoms. The zero-order valence-corrected chi connectivity index (χ0v) is 20.7. The van der Waals surface area contributed by atoms with Crippen molar-refractivity contribution < 1.29 is 28.7 Å². The fourth-order valence-corrected chi connectivity index (χ4v) is 4.30. The highest BCUT2D eigenvalue weighted by Crippen LogP contribution is 2.27. The lowest BCUT2D eigenvalue weighted by molar-refractivity contribution is -0.139. The zero-order valence-electron chi connectivity index (χ0n) is 19.2. The van der Waals surface area contributed by atoms with E-state index in [9.17, 15) is 24.3 Å². The van der Waals surface area contributed by atoms with Gasteiger partial charge in [-0.05, 0) is 61.8 Å². The number of hydrogen-bond acceptors (Lipinski definition) is 6. The number of carboxylic acid groups (broad SMARTS) is 1. The van der Waals surface area contributed by atoms with Crippen LogP contribution in [0.1, 0.15) is 34.5 Å². The summed E-state index contributed by atoms with van der Waals surface area (Å²) in [5.41, 5.74) is 0.423. The van der Waals surface area contributed by atoms with Crippen LogP contribution in [0, 0.1) is 5.92 Å². The topological polar surface area (TPSA) is 150 Å². The van der Waals surface area contributed by atoms with E-state index >= 15 is 0 Å². The molecule has 1 aromatic heterocycles. The second kappa shape index (κ2) is 13.1. The van der Waals surface area contributed by atoms with Crippen LogP contribution in [-0.2, 0) is 20.9 Å². The van der Waals surface area contributed by atoms with Gasteiger partial charge >= 0.3 is 5.97 Å². The number of carbonyl (C=O) groups is 4. The minimum atomic E-state index is -1.38. The lowest BCUT2D eigenvalue weighted by atomic mass is 9.97. The Hall–Kier alpha value is -3.34. The minimum absolute atomic E-state index is 0.0155. The van der Waals surface area contributed by atoms with Crippen LogP contribution in [0.5, 0.6) is 0 Å². The van der Waals surface area contributed by atoms with Crippen molar-refractivity contribution >= 4 is 53.0 Å². The average Bonchev–Trinajstić information content (AvgIpc) is 3.37. The van der Waals surface area contributed by atoms with Gasteiger partial charge in [0.05, 0.1) is 21.9 Å². The summed E-state index contributed by atoms with van der Waals surface area (Å²) >= 11 is 12.5. The first-order chi connectivity index (χ1) is 17.2. The maximum Gasteiger partial charge on any atom is 0.328 e. The van der Waals surface area contributed by atoms with E-state index in [0.29, 0.717) is 24.2 Å². The van der Waals surface area contributed by atoms with Gasteiger partial charge < -0.3 is 30.8 Å². The Kier molecular flexibility index (Phi) is 9.92. The van der Waals surface area contributed by atoms with Gasteiger partial charge in [-0.3, -0.25) is 14.4 Å². The molecule has 36 heavy (non-hydrogen) atoms. The summed E-state index contributed by atoms with van der Waals surface area (Å²) in [6.07, 6.45) is 5.63. The third-order valence-corrected chi connectivity index (χ3v) is 6.13. The molecule has 0 aliphatic carbocycles. The Morgan fingerprint density at radius 3 is 2.44 bits per heavy atom. The van der Waals surface area contributed by atoms with Crippen molar-refractivity contribution in [3.05, 3.63) is 63.5 Å². The molecule has 0 unspecified atom stereocenters. The van der Waals surface area contributed by atoms with Gasteiger partial charge in [-0.25, -0.2) is 4.79 Å². The number of halogens is 2. The molecule has 1 fully saturated rings. The van der Waals surface area contributed by atoms with Crippen LogP contribution in [0.15, 0.2) is 41.0 Å². The van der Waals surface area contributed by atoms with Crippen molar-refractivity contribution in [1.29, 1.82) is 0 Å². The number of rotatable bonds is 10. The average molecular weight is 537 g/mol. The van der Waals surface area contributed by atoms with E-state index in [-0.39, 0.29) is 46.4 Å². The van der Waals surface area contributed by atoms with Gasteiger partial charge in [0.25, 0.3) is 5.91 Å². The molecule has 1 aromatic carbocycles. The Labute approximate surface area is 217 Å². The van der Waals surface area contributed by atoms with Crippen LogP contribution >= 0.6 is 23.2 Å². The monoisotopic (exact) mass is 536 g/mol. The van der Waals surface area contributed by atoms with Crippen LogP contribution in [0.4, 0.5) is 0 Å². The first kappa shape index (κ1) is 27.3. The first-order valence-corrected chi connectivity index (χ1v) is 12.0. The molecule has 1 saturated heterocycles. The van der Waals surface area contributed by atoms with E-state index < -0.39 is 17.9 Å². The normalized spacial score (nSPS) is 14.8. The van der Waals surface area contributed by atoms with Crippen molar-refractivity contribution in [3.63, 3.8) is 0 Å². The molecule has 2 heterocycles. The zero-order chi connectivity index (χ0) is 26.1. The van der Waals surface area contributed by atoms with Gasteiger partial charge in [-0.2, -0.15) is 0 Å². The number of furan rings is 1. The highest BCUT2D eigenvalue weighted by atomic mass is 35.5. The number of aliphatic carboxylic acids is 1. The van der Waals surface area contributed by atoms with E-state index in [1.807, 2.05) is 0 Å². The number of nitrogens with one attached hydrogen (secondary N) is 4. The molecule has 0 radical (unpaired) electrons. The molecule has 3 rings (SSSR count). The van der Waals surface area contributed by atoms with Crippen LogP contribution < -0.4 is 21.3 Å². The molecule has 1 aliphatic rings. The number of carbonyl (C=O) groups excluding carboxylic acids is 3. The fraction of sp³-hybridized carbons (Fsp3) is 0.333. The quantitative estimate of drug-likeness (QED) is 0.292. The van der Waals surface area contributed by atoms with Crippen molar-refractivity contribution in [2.75, 3.05) is 19.6 Å². The number of piperidine rings is 1. The van der Waals surface area contributed by atoms with Crippen molar-refractivity contribution in [1.82, 2.24) is 21.3 Å². The van der Waals surface area contributed by atoms with Crippen LogP contribution in [0.25, 0.3) is 6.08 Å². The highest BCUT2D eigenvalue weighted by molar-refractivity contribution is 6.39. The molecule has 0 saturated carbocycles. The van der Waals surface area contributed by atoms with Gasteiger partial charge in [-0.15, -0.1) is 0 Å². The molecular weight excluding hydrogens is 511 g/mol. The summed E-state index contributed by atoms with van der Waals surface area (Å²) in [6.45, 7) is 1.24. The van der Waals surface area contributed by atoms with Crippen LogP contribution in [-0.4, -0.2) is 54.5 Å². The fourth-order valence-electron chi connectivity index (χ4n) is 3.60. The lowest BCUT2D eigenvalue weighted by Crippen LogP contribution is -2.50. The lowest BCUT2D eigenvalue weighted by Gasteiger charge is -2.23. The molecule has 192 valence electrons. The number of benzene rings is 1. The van der Waals surface area contributed by atoms with Crippen molar-refractivity contribution in [3.8, 4) is 0 Å². The Morgan fingerprint density at radius 2 is 1.83 bits per heavy atom. The Bertz CT molecular complexity index is 1110. The Balaban J connectivity index is 1.57. The Morgan fingerprint density at radius 1 is 1.14 bits per heavy atom.